The molecule has 5 N–H and O–H groups in total. The molecule has 0 saturated carbocycles. The molecule has 9 heteroatoms. The van der Waals surface area contributed by atoms with Crippen molar-refractivity contribution < 1.29 is 13.2 Å². The zero-order valence-corrected chi connectivity index (χ0v) is 14.3. The third kappa shape index (κ3) is 15.4. The van der Waals surface area contributed by atoms with Crippen molar-refractivity contribution >= 4 is 15.9 Å². The summed E-state index contributed by atoms with van der Waals surface area (Å²) in [5.41, 5.74) is 0.515. The predicted molar refractivity (Wildman–Crippen MR) is 89.3 cm³/mol. The fourth-order valence-corrected chi connectivity index (χ4v) is 1.94. The first-order valence-corrected chi connectivity index (χ1v) is 9.22. The maximum atomic E-state index is 11.2. The average molecular weight is 335 g/mol. The van der Waals surface area contributed by atoms with Crippen LogP contribution in [0.25, 0.3) is 0 Å². The largest absolute Gasteiger partial charge is 0.351 e. The van der Waals surface area contributed by atoms with Crippen LogP contribution < -0.4 is 26.0 Å². The van der Waals surface area contributed by atoms with E-state index in [0.29, 0.717) is 25.2 Å². The van der Waals surface area contributed by atoms with Gasteiger partial charge in [0.1, 0.15) is 0 Å². The summed E-state index contributed by atoms with van der Waals surface area (Å²) in [5, 5.41) is 12.3. The number of carbonyl (C=O) groups is 1. The maximum Gasteiger partial charge on any atom is 0.246 e. The number of carbonyl (C=O) groups excluding carboxylic acids is 1. The van der Waals surface area contributed by atoms with Crippen LogP contribution in [-0.2, 0) is 14.8 Å². The Hall–Kier alpha value is -1.00. The van der Waals surface area contributed by atoms with Crippen LogP contribution in [0.2, 0.25) is 0 Å². The van der Waals surface area contributed by atoms with E-state index in [0.717, 1.165) is 39.0 Å². The third-order valence-corrected chi connectivity index (χ3v) is 3.33. The van der Waals surface area contributed by atoms with Gasteiger partial charge in [0.15, 0.2) is 0 Å². The van der Waals surface area contributed by atoms with Crippen LogP contribution in [0.4, 0.5) is 0 Å². The summed E-state index contributed by atoms with van der Waals surface area (Å²) < 4.78 is 24.0. The van der Waals surface area contributed by atoms with Gasteiger partial charge in [0, 0.05) is 57.9 Å². The summed E-state index contributed by atoms with van der Waals surface area (Å²) in [6, 6.07) is 0. The summed E-state index contributed by atoms with van der Waals surface area (Å²) >= 11 is 0. The molecule has 0 fully saturated rings. The highest BCUT2D eigenvalue weighted by atomic mass is 32.2. The minimum Gasteiger partial charge on any atom is -0.351 e. The van der Waals surface area contributed by atoms with E-state index in [1.54, 1.807) is 6.92 Å². The lowest BCUT2D eigenvalue weighted by Gasteiger charge is -2.08. The van der Waals surface area contributed by atoms with Gasteiger partial charge in [0.2, 0.25) is 15.9 Å². The van der Waals surface area contributed by atoms with E-state index < -0.39 is 10.0 Å². The second kappa shape index (κ2) is 12.5. The standard InChI is InChI=1S/C13H29N5O3S/c1-12(2)13(19)17-10-8-15-6-4-14-5-7-16-9-11-18-22(3,20)21/h14-16,18H,1,4-11H2,2-3H3,(H,17,19). The molecule has 0 saturated heterocycles. The highest BCUT2D eigenvalue weighted by Gasteiger charge is 1.99. The van der Waals surface area contributed by atoms with Crippen molar-refractivity contribution in [2.24, 2.45) is 0 Å². The van der Waals surface area contributed by atoms with E-state index in [1.165, 1.54) is 0 Å². The molecule has 0 heterocycles. The van der Waals surface area contributed by atoms with Crippen LogP contribution in [0.3, 0.4) is 0 Å². The molecule has 0 aromatic carbocycles. The van der Waals surface area contributed by atoms with Gasteiger partial charge in [0.25, 0.3) is 0 Å². The Morgan fingerprint density at radius 1 is 0.864 bits per heavy atom. The Labute approximate surface area is 133 Å². The molecule has 0 radical (unpaired) electrons. The Balaban J connectivity index is 3.18. The quantitative estimate of drug-likeness (QED) is 0.185. The molecule has 0 aliphatic heterocycles. The normalized spacial score (nSPS) is 11.4. The number of sulfonamides is 1. The second-order valence-corrected chi connectivity index (χ2v) is 6.79. The fraction of sp³-hybridized carbons (Fsp3) is 0.769. The lowest BCUT2D eigenvalue weighted by molar-refractivity contribution is -0.117. The van der Waals surface area contributed by atoms with Gasteiger partial charge in [-0.05, 0) is 6.92 Å². The van der Waals surface area contributed by atoms with Crippen LogP contribution in [0, 0.1) is 0 Å². The zero-order chi connectivity index (χ0) is 16.8. The third-order valence-electron chi connectivity index (χ3n) is 2.60. The molecule has 0 atom stereocenters. The Morgan fingerprint density at radius 3 is 1.68 bits per heavy atom. The van der Waals surface area contributed by atoms with Gasteiger partial charge in [0.05, 0.1) is 6.26 Å². The van der Waals surface area contributed by atoms with Crippen molar-refractivity contribution in [2.75, 3.05) is 58.6 Å². The molecular weight excluding hydrogens is 306 g/mol. The minimum absolute atomic E-state index is 0.114. The van der Waals surface area contributed by atoms with Gasteiger partial charge < -0.3 is 21.3 Å². The van der Waals surface area contributed by atoms with Crippen molar-refractivity contribution in [3.8, 4) is 0 Å². The van der Waals surface area contributed by atoms with Gasteiger partial charge in [-0.3, -0.25) is 4.79 Å². The van der Waals surface area contributed by atoms with Crippen LogP contribution in [-0.4, -0.2) is 72.9 Å². The topological polar surface area (TPSA) is 111 Å². The maximum absolute atomic E-state index is 11.2. The minimum atomic E-state index is -3.09. The smallest absolute Gasteiger partial charge is 0.246 e. The second-order valence-electron chi connectivity index (χ2n) is 4.95. The molecule has 8 nitrogen and oxygen atoms in total. The van der Waals surface area contributed by atoms with Crippen LogP contribution in [0.5, 0.6) is 0 Å². The highest BCUT2D eigenvalue weighted by Crippen LogP contribution is 1.83. The average Bonchev–Trinajstić information content (AvgIpc) is 2.42. The summed E-state index contributed by atoms with van der Waals surface area (Å²) in [6.45, 7) is 10.8. The molecule has 0 rings (SSSR count). The number of hydrogen-bond donors (Lipinski definition) is 5. The zero-order valence-electron chi connectivity index (χ0n) is 13.5. The number of amides is 1. The molecule has 0 unspecified atom stereocenters. The Morgan fingerprint density at radius 2 is 1.27 bits per heavy atom. The van der Waals surface area contributed by atoms with E-state index in [9.17, 15) is 13.2 Å². The Bertz CT molecular complexity index is 425. The summed E-state index contributed by atoms with van der Waals surface area (Å²) in [5.74, 6) is -0.114. The molecule has 130 valence electrons. The van der Waals surface area contributed by atoms with Gasteiger partial charge in [-0.25, -0.2) is 13.1 Å². The van der Waals surface area contributed by atoms with Crippen molar-refractivity contribution in [3.63, 3.8) is 0 Å². The first-order chi connectivity index (χ1) is 10.3. The van der Waals surface area contributed by atoms with Crippen LogP contribution in [0.15, 0.2) is 12.2 Å². The summed E-state index contributed by atoms with van der Waals surface area (Å²) in [4.78, 5) is 11.2. The van der Waals surface area contributed by atoms with Gasteiger partial charge >= 0.3 is 0 Å². The molecule has 0 bridgehead atoms. The first kappa shape index (κ1) is 21.0. The SMILES string of the molecule is C=C(C)C(=O)NCCNCCNCCNCCNS(C)(=O)=O. The number of hydrogen-bond acceptors (Lipinski definition) is 6. The predicted octanol–water partition coefficient (Wildman–Crippen LogP) is -2.00. The number of rotatable bonds is 14. The molecule has 0 aliphatic rings. The molecule has 0 aromatic heterocycles. The van der Waals surface area contributed by atoms with E-state index in [-0.39, 0.29) is 5.91 Å². The van der Waals surface area contributed by atoms with Crippen molar-refractivity contribution in [1.29, 1.82) is 0 Å². The van der Waals surface area contributed by atoms with Crippen molar-refractivity contribution in [1.82, 2.24) is 26.0 Å². The van der Waals surface area contributed by atoms with Gasteiger partial charge in [-0.2, -0.15) is 0 Å². The van der Waals surface area contributed by atoms with E-state index in [4.69, 9.17) is 0 Å². The lowest BCUT2D eigenvalue weighted by atomic mass is 10.3. The monoisotopic (exact) mass is 335 g/mol. The van der Waals surface area contributed by atoms with Gasteiger partial charge in [-0.1, -0.05) is 6.58 Å². The first-order valence-electron chi connectivity index (χ1n) is 7.33. The molecule has 0 aromatic rings. The van der Waals surface area contributed by atoms with E-state index in [2.05, 4.69) is 32.6 Å². The van der Waals surface area contributed by atoms with E-state index in [1.807, 2.05) is 0 Å². The molecule has 1 amide bonds. The molecule has 22 heavy (non-hydrogen) atoms. The fourth-order valence-electron chi connectivity index (χ4n) is 1.47. The Kier molecular flexibility index (Phi) is 12.0. The highest BCUT2D eigenvalue weighted by molar-refractivity contribution is 7.88. The van der Waals surface area contributed by atoms with Crippen LogP contribution >= 0.6 is 0 Å². The molecule has 0 spiro atoms. The van der Waals surface area contributed by atoms with Crippen LogP contribution in [0.1, 0.15) is 6.92 Å². The van der Waals surface area contributed by atoms with Crippen molar-refractivity contribution in [3.05, 3.63) is 12.2 Å². The van der Waals surface area contributed by atoms with E-state index >= 15 is 0 Å². The molecule has 0 aliphatic carbocycles. The summed E-state index contributed by atoms with van der Waals surface area (Å²) in [7, 11) is -3.09. The molecular formula is C13H29N5O3S. The summed E-state index contributed by atoms with van der Waals surface area (Å²) in [6.07, 6.45) is 1.14. The van der Waals surface area contributed by atoms with Gasteiger partial charge in [-0.15, -0.1) is 0 Å². The van der Waals surface area contributed by atoms with Crippen molar-refractivity contribution in [2.45, 2.75) is 6.92 Å². The number of nitrogens with one attached hydrogen (secondary N) is 5. The lowest BCUT2D eigenvalue weighted by Crippen LogP contribution is -2.37.